The third-order valence-corrected chi connectivity index (χ3v) is 6.76. The van der Waals surface area contributed by atoms with E-state index in [9.17, 15) is 14.9 Å². The lowest BCUT2D eigenvalue weighted by molar-refractivity contribution is -0.138. The van der Waals surface area contributed by atoms with E-state index in [2.05, 4.69) is 23.3 Å². The quantitative estimate of drug-likeness (QED) is 0.362. The van der Waals surface area contributed by atoms with Gasteiger partial charge in [-0.05, 0) is 38.0 Å². The Morgan fingerprint density at radius 3 is 2.50 bits per heavy atom. The molecule has 1 aliphatic heterocycles. The molecule has 0 unspecified atom stereocenters. The Hall–Kier alpha value is -3.96. The highest BCUT2D eigenvalue weighted by Gasteiger charge is 2.37. The van der Waals surface area contributed by atoms with Crippen LogP contribution < -0.4 is 15.4 Å². The summed E-state index contributed by atoms with van der Waals surface area (Å²) in [6.07, 6.45) is 1.49. The molecule has 8 heteroatoms. The number of anilines is 1. The van der Waals surface area contributed by atoms with Crippen molar-refractivity contribution in [3.63, 3.8) is 0 Å². The Bertz CT molecular complexity index is 1270. The second kappa shape index (κ2) is 12.1. The molecule has 0 radical (unpaired) electrons. The van der Waals surface area contributed by atoms with Crippen LogP contribution in [0.3, 0.4) is 0 Å². The number of nitriles is 1. The van der Waals surface area contributed by atoms with E-state index in [1.165, 1.54) is 24.9 Å². The Balaban J connectivity index is 1.96. The SMILES string of the molecule is C=CCOC(=O)C1=C(C)NC(SCC(=O)Nc2c(C)cccc2C)=C(C#N)[C@@H]1c1ccccc1OC. The van der Waals surface area contributed by atoms with E-state index in [1.807, 2.05) is 50.2 Å². The number of ether oxygens (including phenoxy) is 2. The summed E-state index contributed by atoms with van der Waals surface area (Å²) in [7, 11) is 1.54. The molecule has 1 aliphatic rings. The Labute approximate surface area is 215 Å². The van der Waals surface area contributed by atoms with Crippen molar-refractivity contribution in [3.05, 3.63) is 93.7 Å². The monoisotopic (exact) mass is 503 g/mol. The molecule has 1 atom stereocenters. The molecule has 0 fully saturated rings. The van der Waals surface area contributed by atoms with Gasteiger partial charge in [-0.1, -0.05) is 60.8 Å². The smallest absolute Gasteiger partial charge is 0.337 e. The van der Waals surface area contributed by atoms with Crippen LogP contribution in [-0.2, 0) is 14.3 Å². The minimum absolute atomic E-state index is 0.0416. The summed E-state index contributed by atoms with van der Waals surface area (Å²) in [6, 6.07) is 15.3. The first-order valence-electron chi connectivity index (χ1n) is 11.3. The summed E-state index contributed by atoms with van der Waals surface area (Å²) in [5.74, 6) is -0.871. The zero-order valence-corrected chi connectivity index (χ0v) is 21.6. The van der Waals surface area contributed by atoms with Gasteiger partial charge >= 0.3 is 5.97 Å². The molecule has 186 valence electrons. The normalized spacial score (nSPS) is 15.0. The average Bonchev–Trinajstić information content (AvgIpc) is 2.87. The van der Waals surface area contributed by atoms with Crippen LogP contribution in [0.2, 0.25) is 0 Å². The molecule has 0 aromatic heterocycles. The maximum Gasteiger partial charge on any atom is 0.337 e. The number of hydrogen-bond donors (Lipinski definition) is 2. The van der Waals surface area contributed by atoms with E-state index < -0.39 is 11.9 Å². The van der Waals surface area contributed by atoms with Crippen LogP contribution in [0.4, 0.5) is 5.69 Å². The van der Waals surface area contributed by atoms with E-state index in [0.29, 0.717) is 33.2 Å². The number of carbonyl (C=O) groups excluding carboxylic acids is 2. The number of esters is 1. The maximum atomic E-state index is 13.0. The summed E-state index contributed by atoms with van der Waals surface area (Å²) >= 11 is 1.21. The number of methoxy groups -OCH3 is 1. The fourth-order valence-corrected chi connectivity index (χ4v) is 4.94. The fourth-order valence-electron chi connectivity index (χ4n) is 4.05. The number of benzene rings is 2. The molecule has 7 nitrogen and oxygen atoms in total. The Kier molecular flexibility index (Phi) is 8.98. The van der Waals surface area contributed by atoms with Gasteiger partial charge in [-0.15, -0.1) is 0 Å². The van der Waals surface area contributed by atoms with Gasteiger partial charge in [0.15, 0.2) is 0 Å². The second-order valence-corrected chi connectivity index (χ2v) is 9.17. The third-order valence-electron chi connectivity index (χ3n) is 5.74. The number of para-hydroxylation sites is 2. The first kappa shape index (κ1) is 26.6. The highest BCUT2D eigenvalue weighted by molar-refractivity contribution is 8.03. The fraction of sp³-hybridized carbons (Fsp3) is 0.250. The molecular formula is C28H29N3O4S. The first-order valence-corrected chi connectivity index (χ1v) is 12.3. The molecule has 1 heterocycles. The van der Waals surface area contributed by atoms with Gasteiger partial charge in [0, 0.05) is 16.9 Å². The maximum absolute atomic E-state index is 13.0. The number of nitrogens with one attached hydrogen (secondary N) is 2. The van der Waals surface area contributed by atoms with Crippen molar-refractivity contribution in [1.29, 1.82) is 5.26 Å². The average molecular weight is 504 g/mol. The first-order chi connectivity index (χ1) is 17.3. The summed E-state index contributed by atoms with van der Waals surface area (Å²) in [6.45, 7) is 9.26. The van der Waals surface area contributed by atoms with Crippen molar-refractivity contribution in [2.24, 2.45) is 0 Å². The van der Waals surface area contributed by atoms with E-state index in [4.69, 9.17) is 9.47 Å². The van der Waals surface area contributed by atoms with Crippen LogP contribution in [0.1, 0.15) is 29.5 Å². The highest BCUT2D eigenvalue weighted by atomic mass is 32.2. The summed E-state index contributed by atoms with van der Waals surface area (Å²) in [5.41, 5.74) is 4.53. The number of dihydropyridines is 1. The predicted octanol–water partition coefficient (Wildman–Crippen LogP) is 5.11. The molecule has 0 saturated carbocycles. The number of amides is 1. The number of rotatable bonds is 9. The van der Waals surface area contributed by atoms with Crippen LogP contribution >= 0.6 is 11.8 Å². The van der Waals surface area contributed by atoms with E-state index in [1.54, 1.807) is 13.0 Å². The lowest BCUT2D eigenvalue weighted by Crippen LogP contribution is -2.29. The molecule has 2 N–H and O–H groups in total. The van der Waals surface area contributed by atoms with Crippen LogP contribution in [0.15, 0.2) is 77.0 Å². The van der Waals surface area contributed by atoms with E-state index in [-0.39, 0.29) is 18.3 Å². The number of nitrogens with zero attached hydrogens (tertiary/aromatic N) is 1. The number of hydrogen-bond acceptors (Lipinski definition) is 7. The van der Waals surface area contributed by atoms with Crippen molar-refractivity contribution in [1.82, 2.24) is 5.32 Å². The van der Waals surface area contributed by atoms with Gasteiger partial charge in [0.1, 0.15) is 12.4 Å². The molecular weight excluding hydrogens is 474 g/mol. The van der Waals surface area contributed by atoms with Crippen molar-refractivity contribution >= 4 is 29.3 Å². The number of thioether (sulfide) groups is 1. The highest BCUT2D eigenvalue weighted by Crippen LogP contribution is 2.44. The molecule has 2 aromatic carbocycles. The largest absolute Gasteiger partial charge is 0.496 e. The van der Waals surface area contributed by atoms with E-state index >= 15 is 0 Å². The molecule has 0 saturated heterocycles. The van der Waals surface area contributed by atoms with Gasteiger partial charge in [0.05, 0.1) is 41.0 Å². The minimum Gasteiger partial charge on any atom is -0.496 e. The lowest BCUT2D eigenvalue weighted by Gasteiger charge is -2.30. The van der Waals surface area contributed by atoms with Crippen molar-refractivity contribution in [3.8, 4) is 11.8 Å². The standard InChI is InChI=1S/C28H29N3O4S/c1-6-14-35-28(33)24-19(4)30-27(21(15-29)25(24)20-12-7-8-13-22(20)34-5)36-16-23(32)31-26-17(2)10-9-11-18(26)3/h6-13,25,30H,1,14,16H2,2-5H3,(H,31,32)/t25-/m0/s1. The Morgan fingerprint density at radius 1 is 1.17 bits per heavy atom. The molecule has 0 aliphatic carbocycles. The van der Waals surface area contributed by atoms with Gasteiger partial charge in [-0.25, -0.2) is 4.79 Å². The molecule has 2 aromatic rings. The van der Waals surface area contributed by atoms with Crippen LogP contribution in [0.5, 0.6) is 5.75 Å². The summed E-state index contributed by atoms with van der Waals surface area (Å²) < 4.78 is 10.9. The van der Waals surface area contributed by atoms with Gasteiger partial charge < -0.3 is 20.1 Å². The predicted molar refractivity (Wildman–Crippen MR) is 142 cm³/mol. The zero-order chi connectivity index (χ0) is 26.2. The molecule has 0 bridgehead atoms. The van der Waals surface area contributed by atoms with Crippen LogP contribution in [0.25, 0.3) is 0 Å². The summed E-state index contributed by atoms with van der Waals surface area (Å²) in [5, 5.41) is 16.8. The second-order valence-electron chi connectivity index (χ2n) is 8.18. The third kappa shape index (κ3) is 5.81. The van der Waals surface area contributed by atoms with Crippen molar-refractivity contribution in [2.45, 2.75) is 26.7 Å². The number of aryl methyl sites for hydroxylation is 2. The van der Waals surface area contributed by atoms with Crippen LogP contribution in [-0.4, -0.2) is 31.3 Å². The zero-order valence-electron chi connectivity index (χ0n) is 20.8. The number of allylic oxidation sites excluding steroid dienone is 2. The van der Waals surface area contributed by atoms with E-state index in [0.717, 1.165) is 16.8 Å². The minimum atomic E-state index is -0.728. The topological polar surface area (TPSA) is 100 Å². The molecule has 36 heavy (non-hydrogen) atoms. The Morgan fingerprint density at radius 2 is 1.86 bits per heavy atom. The van der Waals surface area contributed by atoms with Crippen molar-refractivity contribution < 1.29 is 19.1 Å². The summed E-state index contributed by atoms with van der Waals surface area (Å²) in [4.78, 5) is 25.8. The molecule has 1 amide bonds. The lowest BCUT2D eigenvalue weighted by atomic mass is 9.82. The van der Waals surface area contributed by atoms with Crippen LogP contribution in [0, 0.1) is 25.2 Å². The number of carbonyl (C=O) groups is 2. The molecule has 0 spiro atoms. The molecule has 3 rings (SSSR count). The van der Waals surface area contributed by atoms with Gasteiger partial charge in [0.2, 0.25) is 5.91 Å². The van der Waals surface area contributed by atoms with Gasteiger partial charge in [-0.3, -0.25) is 4.79 Å². The van der Waals surface area contributed by atoms with Gasteiger partial charge in [0.25, 0.3) is 0 Å². The van der Waals surface area contributed by atoms with Crippen molar-refractivity contribution in [2.75, 3.05) is 24.8 Å². The van der Waals surface area contributed by atoms with Gasteiger partial charge in [-0.2, -0.15) is 5.26 Å².